The van der Waals surface area contributed by atoms with Gasteiger partial charge in [-0.3, -0.25) is 4.79 Å². The van der Waals surface area contributed by atoms with Crippen LogP contribution in [0, 0.1) is 5.92 Å². The fourth-order valence-electron chi connectivity index (χ4n) is 2.54. The van der Waals surface area contributed by atoms with Crippen LogP contribution in [0.15, 0.2) is 30.3 Å². The number of piperidine rings is 1. The van der Waals surface area contributed by atoms with E-state index in [0.717, 1.165) is 12.8 Å². The van der Waals surface area contributed by atoms with Crippen LogP contribution < -0.4 is 5.32 Å². The Balaban J connectivity index is 2.18. The van der Waals surface area contributed by atoms with Gasteiger partial charge in [0.15, 0.2) is 0 Å². The van der Waals surface area contributed by atoms with Crippen LogP contribution in [0.3, 0.4) is 0 Å². The second-order valence-electron chi connectivity index (χ2n) is 4.66. The standard InChI is InChI=1S/C14H19NO/c1-3-11-9-13(10(2)15-14(11)16)12-7-5-4-6-8-12/h4-8,10-11,13H,3,9H2,1-2H3,(H,15,16)/t10-,11-,13-/m1/s1. The highest BCUT2D eigenvalue weighted by atomic mass is 16.2. The lowest BCUT2D eigenvalue weighted by molar-refractivity contribution is -0.128. The van der Waals surface area contributed by atoms with Crippen LogP contribution in [0.5, 0.6) is 0 Å². The summed E-state index contributed by atoms with van der Waals surface area (Å²) in [5.41, 5.74) is 1.34. The van der Waals surface area contributed by atoms with Gasteiger partial charge in [-0.15, -0.1) is 0 Å². The van der Waals surface area contributed by atoms with Crippen LogP contribution >= 0.6 is 0 Å². The Morgan fingerprint density at radius 2 is 2.00 bits per heavy atom. The Morgan fingerprint density at radius 1 is 1.31 bits per heavy atom. The molecule has 0 spiro atoms. The first-order valence-corrected chi connectivity index (χ1v) is 6.07. The lowest BCUT2D eigenvalue weighted by Gasteiger charge is -2.34. The highest BCUT2D eigenvalue weighted by molar-refractivity contribution is 5.80. The highest BCUT2D eigenvalue weighted by Crippen LogP contribution is 2.32. The Morgan fingerprint density at radius 3 is 2.62 bits per heavy atom. The van der Waals surface area contributed by atoms with Crippen molar-refractivity contribution in [2.45, 2.75) is 38.6 Å². The van der Waals surface area contributed by atoms with Crippen molar-refractivity contribution in [3.05, 3.63) is 35.9 Å². The topological polar surface area (TPSA) is 29.1 Å². The van der Waals surface area contributed by atoms with E-state index in [2.05, 4.69) is 43.4 Å². The Bertz CT molecular complexity index is 360. The van der Waals surface area contributed by atoms with Gasteiger partial charge in [0.1, 0.15) is 0 Å². The normalized spacial score (nSPS) is 29.9. The third kappa shape index (κ3) is 2.11. The molecule has 1 N–H and O–H groups in total. The van der Waals surface area contributed by atoms with Crippen molar-refractivity contribution in [2.75, 3.05) is 0 Å². The third-order valence-electron chi connectivity index (χ3n) is 3.60. The summed E-state index contributed by atoms with van der Waals surface area (Å²) in [6.45, 7) is 4.18. The summed E-state index contributed by atoms with van der Waals surface area (Å²) in [6, 6.07) is 10.7. The highest BCUT2D eigenvalue weighted by Gasteiger charge is 2.32. The van der Waals surface area contributed by atoms with Crippen LogP contribution in [0.1, 0.15) is 38.2 Å². The number of benzene rings is 1. The van der Waals surface area contributed by atoms with E-state index in [1.807, 2.05) is 6.07 Å². The van der Waals surface area contributed by atoms with Crippen molar-refractivity contribution >= 4 is 5.91 Å². The Hall–Kier alpha value is -1.31. The molecule has 1 aliphatic heterocycles. The molecule has 1 aliphatic rings. The molecule has 0 radical (unpaired) electrons. The summed E-state index contributed by atoms with van der Waals surface area (Å²) in [5, 5.41) is 3.09. The van der Waals surface area contributed by atoms with Gasteiger partial charge in [-0.2, -0.15) is 0 Å². The maximum Gasteiger partial charge on any atom is 0.223 e. The predicted octanol–water partition coefficient (Wildman–Crippen LogP) is 2.70. The Kier molecular flexibility index (Phi) is 3.28. The van der Waals surface area contributed by atoms with Gasteiger partial charge in [0.2, 0.25) is 5.91 Å². The largest absolute Gasteiger partial charge is 0.353 e. The number of rotatable bonds is 2. The smallest absolute Gasteiger partial charge is 0.223 e. The van der Waals surface area contributed by atoms with Crippen LogP contribution in [0.4, 0.5) is 0 Å². The molecule has 0 saturated carbocycles. The first kappa shape index (κ1) is 11.2. The van der Waals surface area contributed by atoms with E-state index in [9.17, 15) is 4.79 Å². The molecule has 1 heterocycles. The molecule has 2 rings (SSSR count). The molecular weight excluding hydrogens is 198 g/mol. The molecule has 2 nitrogen and oxygen atoms in total. The number of nitrogens with one attached hydrogen (secondary N) is 1. The zero-order valence-corrected chi connectivity index (χ0v) is 9.94. The molecule has 0 unspecified atom stereocenters. The molecule has 1 saturated heterocycles. The number of carbonyl (C=O) groups is 1. The molecule has 1 aromatic rings. The fraction of sp³-hybridized carbons (Fsp3) is 0.500. The fourth-order valence-corrected chi connectivity index (χ4v) is 2.54. The molecule has 1 fully saturated rings. The lowest BCUT2D eigenvalue weighted by Crippen LogP contribution is -2.46. The van der Waals surface area contributed by atoms with E-state index in [0.29, 0.717) is 5.92 Å². The molecule has 86 valence electrons. The van der Waals surface area contributed by atoms with Crippen molar-refractivity contribution in [3.8, 4) is 0 Å². The maximum absolute atomic E-state index is 11.7. The van der Waals surface area contributed by atoms with Gasteiger partial charge >= 0.3 is 0 Å². The van der Waals surface area contributed by atoms with Gasteiger partial charge in [0, 0.05) is 17.9 Å². The zero-order valence-electron chi connectivity index (χ0n) is 9.94. The Labute approximate surface area is 97.1 Å². The first-order chi connectivity index (χ1) is 7.72. The summed E-state index contributed by atoms with van der Waals surface area (Å²) in [5.74, 6) is 0.868. The summed E-state index contributed by atoms with van der Waals surface area (Å²) in [7, 11) is 0. The molecule has 1 amide bonds. The van der Waals surface area contributed by atoms with E-state index in [4.69, 9.17) is 0 Å². The van der Waals surface area contributed by atoms with Crippen LogP contribution in [-0.4, -0.2) is 11.9 Å². The quantitative estimate of drug-likeness (QED) is 0.810. The maximum atomic E-state index is 11.7. The van der Waals surface area contributed by atoms with Crippen molar-refractivity contribution in [2.24, 2.45) is 5.92 Å². The van der Waals surface area contributed by atoms with Gasteiger partial charge in [-0.05, 0) is 25.3 Å². The zero-order chi connectivity index (χ0) is 11.5. The van der Waals surface area contributed by atoms with Crippen LogP contribution in [-0.2, 0) is 4.79 Å². The first-order valence-electron chi connectivity index (χ1n) is 6.07. The summed E-state index contributed by atoms with van der Waals surface area (Å²) < 4.78 is 0. The van der Waals surface area contributed by atoms with Crippen molar-refractivity contribution in [1.82, 2.24) is 5.32 Å². The monoisotopic (exact) mass is 217 g/mol. The van der Waals surface area contributed by atoms with Crippen molar-refractivity contribution in [3.63, 3.8) is 0 Å². The van der Waals surface area contributed by atoms with Gasteiger partial charge in [0.25, 0.3) is 0 Å². The molecular formula is C14H19NO. The minimum atomic E-state index is 0.182. The van der Waals surface area contributed by atoms with Gasteiger partial charge in [-0.1, -0.05) is 37.3 Å². The van der Waals surface area contributed by atoms with E-state index >= 15 is 0 Å². The summed E-state index contributed by atoms with van der Waals surface area (Å²) >= 11 is 0. The number of hydrogen-bond acceptors (Lipinski definition) is 1. The number of hydrogen-bond donors (Lipinski definition) is 1. The molecule has 2 heteroatoms. The number of carbonyl (C=O) groups excluding carboxylic acids is 1. The number of amides is 1. The van der Waals surface area contributed by atoms with Crippen LogP contribution in [0.2, 0.25) is 0 Å². The van der Waals surface area contributed by atoms with Gasteiger partial charge in [0.05, 0.1) is 0 Å². The second kappa shape index (κ2) is 4.69. The van der Waals surface area contributed by atoms with Crippen molar-refractivity contribution in [1.29, 1.82) is 0 Å². The molecule has 0 aromatic heterocycles. The molecule has 3 atom stereocenters. The van der Waals surface area contributed by atoms with Crippen LogP contribution in [0.25, 0.3) is 0 Å². The van der Waals surface area contributed by atoms with E-state index < -0.39 is 0 Å². The van der Waals surface area contributed by atoms with E-state index in [1.54, 1.807) is 0 Å². The molecule has 0 bridgehead atoms. The SMILES string of the molecule is CC[C@@H]1C[C@@H](c2ccccc2)[C@@H](C)NC1=O. The average Bonchev–Trinajstić information content (AvgIpc) is 2.30. The molecule has 1 aromatic carbocycles. The minimum Gasteiger partial charge on any atom is -0.353 e. The second-order valence-corrected chi connectivity index (χ2v) is 4.66. The average molecular weight is 217 g/mol. The molecule has 16 heavy (non-hydrogen) atoms. The lowest BCUT2D eigenvalue weighted by atomic mass is 9.79. The minimum absolute atomic E-state index is 0.182. The van der Waals surface area contributed by atoms with Gasteiger partial charge < -0.3 is 5.32 Å². The summed E-state index contributed by atoms with van der Waals surface area (Å²) in [4.78, 5) is 11.7. The van der Waals surface area contributed by atoms with Gasteiger partial charge in [-0.25, -0.2) is 0 Å². The predicted molar refractivity (Wildman–Crippen MR) is 65.2 cm³/mol. The summed E-state index contributed by atoms with van der Waals surface area (Å²) in [6.07, 6.45) is 1.91. The third-order valence-corrected chi connectivity index (χ3v) is 3.60. The van der Waals surface area contributed by atoms with E-state index in [-0.39, 0.29) is 17.9 Å². The van der Waals surface area contributed by atoms with E-state index in [1.165, 1.54) is 5.56 Å². The molecule has 0 aliphatic carbocycles. The van der Waals surface area contributed by atoms with Crippen molar-refractivity contribution < 1.29 is 4.79 Å².